The van der Waals surface area contributed by atoms with Crippen molar-refractivity contribution in [3.63, 3.8) is 0 Å². The highest BCUT2D eigenvalue weighted by molar-refractivity contribution is 6.06. The molecule has 2 nitrogen and oxygen atoms in total. The second-order valence-corrected chi connectivity index (χ2v) is 11.0. The lowest BCUT2D eigenvalue weighted by molar-refractivity contribution is 0.669. The fourth-order valence-electron chi connectivity index (χ4n) is 6.13. The van der Waals surface area contributed by atoms with E-state index < -0.39 is 0 Å². The zero-order chi connectivity index (χ0) is 29.3. The Morgan fingerprint density at radius 2 is 0.864 bits per heavy atom. The highest BCUT2D eigenvalue weighted by Crippen LogP contribution is 2.40. The van der Waals surface area contributed by atoms with Crippen molar-refractivity contribution in [1.29, 1.82) is 0 Å². The summed E-state index contributed by atoms with van der Waals surface area (Å²) in [5.74, 6) is 0. The van der Waals surface area contributed by atoms with Gasteiger partial charge in [0.2, 0.25) is 0 Å². The number of furan rings is 1. The Morgan fingerprint density at radius 1 is 0.318 bits per heavy atom. The molecular formula is C42H29NO. The van der Waals surface area contributed by atoms with Gasteiger partial charge in [-0.3, -0.25) is 0 Å². The highest BCUT2D eigenvalue weighted by atomic mass is 16.3. The van der Waals surface area contributed by atoms with Crippen molar-refractivity contribution in [1.82, 2.24) is 0 Å². The summed E-state index contributed by atoms with van der Waals surface area (Å²) < 4.78 is 6.25. The zero-order valence-electron chi connectivity index (χ0n) is 24.1. The van der Waals surface area contributed by atoms with E-state index in [0.717, 1.165) is 39.0 Å². The van der Waals surface area contributed by atoms with E-state index in [9.17, 15) is 0 Å². The Balaban J connectivity index is 1.20. The SMILES string of the molecule is c1ccc(-c2ccc(-c3ccc(N(c4ccccc4)c4ccc5c(c4)oc4ccccc45)cc3)cc2-c2ccccc2)cc1. The largest absolute Gasteiger partial charge is 0.456 e. The molecule has 0 amide bonds. The van der Waals surface area contributed by atoms with Crippen LogP contribution in [0.3, 0.4) is 0 Å². The fourth-order valence-corrected chi connectivity index (χ4v) is 6.13. The lowest BCUT2D eigenvalue weighted by Gasteiger charge is -2.25. The van der Waals surface area contributed by atoms with Crippen molar-refractivity contribution in [2.45, 2.75) is 0 Å². The summed E-state index contributed by atoms with van der Waals surface area (Å²) in [6, 6.07) is 62.1. The Kier molecular flexibility index (Phi) is 6.51. The molecule has 0 bridgehead atoms. The topological polar surface area (TPSA) is 16.4 Å². The molecule has 208 valence electrons. The standard InChI is InChI=1S/C42H29NO/c1-4-12-31(13-5-1)37-26-22-33(28-40(37)32-14-6-2-7-15-32)30-20-23-35(24-21-30)43(34-16-8-3-9-17-34)36-25-27-39-38-18-10-11-19-41(38)44-42(39)29-36/h1-29H. The summed E-state index contributed by atoms with van der Waals surface area (Å²) in [6.07, 6.45) is 0. The van der Waals surface area contributed by atoms with Gasteiger partial charge < -0.3 is 9.32 Å². The Morgan fingerprint density at radius 3 is 1.59 bits per heavy atom. The maximum absolute atomic E-state index is 6.25. The third-order valence-electron chi connectivity index (χ3n) is 8.28. The third-order valence-corrected chi connectivity index (χ3v) is 8.28. The predicted octanol–water partition coefficient (Wildman–Crippen LogP) is 12.1. The number of rotatable bonds is 6. The molecule has 1 heterocycles. The Hall–Kier alpha value is -5.86. The van der Waals surface area contributed by atoms with Gasteiger partial charge in [0.15, 0.2) is 0 Å². The van der Waals surface area contributed by atoms with Crippen molar-refractivity contribution >= 4 is 39.0 Å². The Bertz CT molecular complexity index is 2200. The molecule has 7 aromatic carbocycles. The smallest absolute Gasteiger partial charge is 0.137 e. The van der Waals surface area contributed by atoms with Crippen LogP contribution in [-0.2, 0) is 0 Å². The molecule has 0 saturated carbocycles. The number of benzene rings is 7. The van der Waals surface area contributed by atoms with Gasteiger partial charge in [0.25, 0.3) is 0 Å². The Labute approximate surface area is 257 Å². The van der Waals surface area contributed by atoms with Gasteiger partial charge in [-0.25, -0.2) is 0 Å². The molecule has 0 N–H and O–H groups in total. The van der Waals surface area contributed by atoms with Crippen LogP contribution in [0.1, 0.15) is 0 Å². The van der Waals surface area contributed by atoms with E-state index >= 15 is 0 Å². The maximum Gasteiger partial charge on any atom is 0.137 e. The molecule has 0 radical (unpaired) electrons. The van der Waals surface area contributed by atoms with Crippen LogP contribution in [-0.4, -0.2) is 0 Å². The second-order valence-electron chi connectivity index (χ2n) is 11.0. The zero-order valence-corrected chi connectivity index (χ0v) is 24.1. The van der Waals surface area contributed by atoms with Crippen LogP contribution >= 0.6 is 0 Å². The van der Waals surface area contributed by atoms with Crippen molar-refractivity contribution in [2.75, 3.05) is 4.90 Å². The van der Waals surface area contributed by atoms with Gasteiger partial charge in [-0.1, -0.05) is 121 Å². The summed E-state index contributed by atoms with van der Waals surface area (Å²) in [5.41, 5.74) is 12.3. The molecule has 0 aliphatic carbocycles. The van der Waals surface area contributed by atoms with Crippen molar-refractivity contribution in [3.8, 4) is 33.4 Å². The van der Waals surface area contributed by atoms with Crippen LogP contribution < -0.4 is 4.90 Å². The van der Waals surface area contributed by atoms with Gasteiger partial charge in [-0.15, -0.1) is 0 Å². The summed E-state index contributed by atoms with van der Waals surface area (Å²) in [6.45, 7) is 0. The third kappa shape index (κ3) is 4.73. The number of nitrogens with zero attached hydrogens (tertiary/aromatic N) is 1. The highest BCUT2D eigenvalue weighted by Gasteiger charge is 2.16. The van der Waals surface area contributed by atoms with Crippen LogP contribution in [0.5, 0.6) is 0 Å². The summed E-state index contributed by atoms with van der Waals surface area (Å²) >= 11 is 0. The van der Waals surface area contributed by atoms with Gasteiger partial charge in [0.05, 0.1) is 0 Å². The lowest BCUT2D eigenvalue weighted by Crippen LogP contribution is -2.09. The van der Waals surface area contributed by atoms with E-state index in [1.54, 1.807) is 0 Å². The quantitative estimate of drug-likeness (QED) is 0.200. The van der Waals surface area contributed by atoms with Crippen LogP contribution in [0.25, 0.3) is 55.3 Å². The van der Waals surface area contributed by atoms with Gasteiger partial charge in [-0.05, 0) is 81.9 Å². The fraction of sp³-hybridized carbons (Fsp3) is 0. The summed E-state index contributed by atoms with van der Waals surface area (Å²) in [7, 11) is 0. The molecule has 8 rings (SSSR count). The molecule has 44 heavy (non-hydrogen) atoms. The molecular weight excluding hydrogens is 534 g/mol. The van der Waals surface area contributed by atoms with Gasteiger partial charge in [0.1, 0.15) is 11.2 Å². The van der Waals surface area contributed by atoms with Crippen LogP contribution in [0, 0.1) is 0 Å². The van der Waals surface area contributed by atoms with Crippen molar-refractivity contribution < 1.29 is 4.42 Å². The predicted molar refractivity (Wildman–Crippen MR) is 185 cm³/mol. The van der Waals surface area contributed by atoms with Crippen LogP contribution in [0.15, 0.2) is 180 Å². The van der Waals surface area contributed by atoms with Gasteiger partial charge >= 0.3 is 0 Å². The van der Waals surface area contributed by atoms with Gasteiger partial charge in [-0.2, -0.15) is 0 Å². The van der Waals surface area contributed by atoms with E-state index in [4.69, 9.17) is 4.42 Å². The molecule has 2 heteroatoms. The normalized spacial score (nSPS) is 11.2. The first-order chi connectivity index (χ1) is 21.8. The maximum atomic E-state index is 6.25. The molecule has 1 aromatic heterocycles. The van der Waals surface area contributed by atoms with E-state index in [2.05, 4.69) is 169 Å². The van der Waals surface area contributed by atoms with E-state index in [-0.39, 0.29) is 0 Å². The van der Waals surface area contributed by atoms with Gasteiger partial charge in [0, 0.05) is 33.9 Å². The van der Waals surface area contributed by atoms with E-state index in [1.807, 2.05) is 12.1 Å². The minimum atomic E-state index is 0.883. The molecule has 0 unspecified atom stereocenters. The van der Waals surface area contributed by atoms with Crippen molar-refractivity contribution in [2.24, 2.45) is 0 Å². The molecule has 0 atom stereocenters. The minimum Gasteiger partial charge on any atom is -0.456 e. The summed E-state index contributed by atoms with van der Waals surface area (Å²) in [4.78, 5) is 2.28. The number of hydrogen-bond donors (Lipinski definition) is 0. The van der Waals surface area contributed by atoms with E-state index in [0.29, 0.717) is 0 Å². The number of hydrogen-bond acceptors (Lipinski definition) is 2. The van der Waals surface area contributed by atoms with Crippen LogP contribution in [0.2, 0.25) is 0 Å². The van der Waals surface area contributed by atoms with E-state index in [1.165, 1.54) is 33.4 Å². The molecule has 8 aromatic rings. The monoisotopic (exact) mass is 563 g/mol. The molecule has 0 fully saturated rings. The molecule has 0 aliphatic heterocycles. The average molecular weight is 564 g/mol. The molecule has 0 aliphatic rings. The van der Waals surface area contributed by atoms with Crippen molar-refractivity contribution in [3.05, 3.63) is 176 Å². The molecule has 0 spiro atoms. The number of para-hydroxylation sites is 2. The summed E-state index contributed by atoms with van der Waals surface area (Å²) in [5, 5.41) is 2.26. The van der Waals surface area contributed by atoms with Crippen LogP contribution in [0.4, 0.5) is 17.1 Å². The number of fused-ring (bicyclic) bond motifs is 3. The number of anilines is 3. The average Bonchev–Trinajstić information content (AvgIpc) is 3.48. The first-order valence-electron chi connectivity index (χ1n) is 14.9. The second kappa shape index (κ2) is 11.1. The first-order valence-corrected chi connectivity index (χ1v) is 14.9. The first kappa shape index (κ1) is 25.8. The molecule has 0 saturated heterocycles. The lowest BCUT2D eigenvalue weighted by atomic mass is 9.91. The minimum absolute atomic E-state index is 0.883.